The second-order valence-corrected chi connectivity index (χ2v) is 17.1. The smallest absolute Gasteiger partial charge is 0.306 e. The van der Waals surface area contributed by atoms with Crippen molar-refractivity contribution in [1.29, 1.82) is 0 Å². The van der Waals surface area contributed by atoms with Crippen LogP contribution in [0.2, 0.25) is 0 Å². The third-order valence-electron chi connectivity index (χ3n) is 11.0. The predicted molar refractivity (Wildman–Crippen MR) is 261 cm³/mol. The van der Waals surface area contributed by atoms with Crippen molar-refractivity contribution in [2.45, 2.75) is 258 Å². The first-order valence-corrected chi connectivity index (χ1v) is 25.8. The van der Waals surface area contributed by atoms with Gasteiger partial charge in [0, 0.05) is 19.3 Å². The number of ether oxygens (including phenoxy) is 3. The summed E-state index contributed by atoms with van der Waals surface area (Å²) in [5.41, 5.74) is 0. The third-order valence-corrected chi connectivity index (χ3v) is 11.0. The molecule has 0 radical (unpaired) electrons. The van der Waals surface area contributed by atoms with E-state index in [9.17, 15) is 14.4 Å². The van der Waals surface area contributed by atoms with Gasteiger partial charge in [0.2, 0.25) is 0 Å². The molecule has 0 rings (SSSR count). The normalized spacial score (nSPS) is 12.5. The van der Waals surface area contributed by atoms with E-state index in [-0.39, 0.29) is 31.1 Å². The van der Waals surface area contributed by atoms with Gasteiger partial charge in [-0.15, -0.1) is 0 Å². The molecule has 0 bridgehead atoms. The fourth-order valence-corrected chi connectivity index (χ4v) is 7.12. The second kappa shape index (κ2) is 49.8. The van der Waals surface area contributed by atoms with Gasteiger partial charge in [0.15, 0.2) is 6.10 Å². The van der Waals surface area contributed by atoms with E-state index >= 15 is 0 Å². The fraction of sp³-hybridized carbons (Fsp3) is 0.764. The van der Waals surface area contributed by atoms with E-state index < -0.39 is 6.10 Å². The minimum Gasteiger partial charge on any atom is -0.462 e. The third kappa shape index (κ3) is 48.0. The van der Waals surface area contributed by atoms with Gasteiger partial charge in [0.05, 0.1) is 0 Å². The molecule has 0 aromatic rings. The fourth-order valence-electron chi connectivity index (χ4n) is 7.12. The summed E-state index contributed by atoms with van der Waals surface area (Å²) in [4.78, 5) is 37.9. The summed E-state index contributed by atoms with van der Waals surface area (Å²) in [5.74, 6) is -0.930. The van der Waals surface area contributed by atoms with Crippen LogP contribution in [0.4, 0.5) is 0 Å². The van der Waals surface area contributed by atoms with Crippen LogP contribution in [-0.4, -0.2) is 37.2 Å². The zero-order valence-corrected chi connectivity index (χ0v) is 40.2. The lowest BCUT2D eigenvalue weighted by Gasteiger charge is -2.18. The van der Waals surface area contributed by atoms with E-state index in [1.165, 1.54) is 103 Å². The highest BCUT2D eigenvalue weighted by molar-refractivity contribution is 5.71. The summed E-state index contributed by atoms with van der Waals surface area (Å²) < 4.78 is 16.7. The first-order chi connectivity index (χ1) is 30.0. The van der Waals surface area contributed by atoms with Crippen molar-refractivity contribution in [2.75, 3.05) is 13.2 Å². The summed E-state index contributed by atoms with van der Waals surface area (Å²) in [6.45, 7) is 6.46. The molecule has 6 nitrogen and oxygen atoms in total. The van der Waals surface area contributed by atoms with E-state index in [0.29, 0.717) is 19.3 Å². The number of unbranched alkanes of at least 4 members (excludes halogenated alkanes) is 25. The molecule has 6 heteroatoms. The molecule has 0 spiro atoms. The molecule has 0 heterocycles. The van der Waals surface area contributed by atoms with Crippen molar-refractivity contribution in [3.8, 4) is 0 Å². The average molecular weight is 853 g/mol. The van der Waals surface area contributed by atoms with Crippen molar-refractivity contribution < 1.29 is 28.6 Å². The molecule has 61 heavy (non-hydrogen) atoms. The van der Waals surface area contributed by atoms with Gasteiger partial charge in [-0.2, -0.15) is 0 Å². The number of esters is 3. The molecule has 352 valence electrons. The minimum atomic E-state index is -0.792. The van der Waals surface area contributed by atoms with Gasteiger partial charge in [0.1, 0.15) is 13.2 Å². The number of hydrogen-bond donors (Lipinski definition) is 0. The SMILES string of the molecule is CC/C=C\C/C=C\C/C=C\C/C=C\CCCCCC(=O)OC(COC(=O)CCCCCC/C=C\CCCC)COC(=O)CCCCCCCCCCCCCCCCCCC. The van der Waals surface area contributed by atoms with Gasteiger partial charge in [0.25, 0.3) is 0 Å². The first kappa shape index (κ1) is 58.1. The maximum atomic E-state index is 12.8. The zero-order chi connectivity index (χ0) is 44.4. The lowest BCUT2D eigenvalue weighted by atomic mass is 10.0. The maximum Gasteiger partial charge on any atom is 0.306 e. The summed E-state index contributed by atoms with van der Waals surface area (Å²) in [5, 5.41) is 0. The topological polar surface area (TPSA) is 78.9 Å². The molecular weight excluding hydrogens is 757 g/mol. The highest BCUT2D eigenvalue weighted by atomic mass is 16.6. The molecule has 0 saturated carbocycles. The van der Waals surface area contributed by atoms with Gasteiger partial charge >= 0.3 is 17.9 Å². The highest BCUT2D eigenvalue weighted by Gasteiger charge is 2.19. The number of hydrogen-bond acceptors (Lipinski definition) is 6. The van der Waals surface area contributed by atoms with E-state index in [0.717, 1.165) is 109 Å². The number of carbonyl (C=O) groups is 3. The molecular formula is C55H96O6. The minimum absolute atomic E-state index is 0.0889. The maximum absolute atomic E-state index is 12.8. The molecule has 0 aliphatic carbocycles. The Kier molecular flexibility index (Phi) is 47.4. The summed E-state index contributed by atoms with van der Waals surface area (Å²) in [7, 11) is 0. The summed E-state index contributed by atoms with van der Waals surface area (Å²) in [6, 6.07) is 0. The largest absolute Gasteiger partial charge is 0.462 e. The Morgan fingerprint density at radius 1 is 0.344 bits per heavy atom. The molecule has 0 saturated heterocycles. The van der Waals surface area contributed by atoms with Crippen molar-refractivity contribution in [3.63, 3.8) is 0 Å². The Bertz CT molecular complexity index is 1120. The molecule has 0 N–H and O–H groups in total. The van der Waals surface area contributed by atoms with E-state index in [1.54, 1.807) is 0 Å². The Morgan fingerprint density at radius 2 is 0.656 bits per heavy atom. The molecule has 0 amide bonds. The average Bonchev–Trinajstić information content (AvgIpc) is 3.26. The summed E-state index contributed by atoms with van der Waals surface area (Å²) in [6.07, 6.45) is 60.7. The van der Waals surface area contributed by atoms with Gasteiger partial charge in [-0.25, -0.2) is 0 Å². The van der Waals surface area contributed by atoms with Crippen molar-refractivity contribution >= 4 is 17.9 Å². The van der Waals surface area contributed by atoms with Crippen LogP contribution in [0.15, 0.2) is 60.8 Å². The second-order valence-electron chi connectivity index (χ2n) is 17.1. The van der Waals surface area contributed by atoms with Crippen molar-refractivity contribution in [3.05, 3.63) is 60.8 Å². The number of rotatable bonds is 46. The standard InChI is InChI=1S/C55H96O6/c1-4-7-10-13-16-19-22-24-26-28-30-31-33-36-39-42-45-48-54(57)60-51-52(50-59-53(56)47-44-41-38-35-21-18-15-12-9-6-3)61-55(58)49-46-43-40-37-34-32-29-27-25-23-20-17-14-11-8-5-2/h8,11,15,17-18,20,25,27,32,34,52H,4-7,9-10,12-14,16,19,21-24,26,28-31,33,35-51H2,1-3H3/b11-8-,18-15-,20-17-,27-25-,34-32-. The van der Waals surface area contributed by atoms with Crippen molar-refractivity contribution in [2.24, 2.45) is 0 Å². The Balaban J connectivity index is 4.38. The van der Waals surface area contributed by atoms with Gasteiger partial charge in [-0.1, -0.05) is 216 Å². The van der Waals surface area contributed by atoms with Crippen LogP contribution in [0.1, 0.15) is 252 Å². The number of carbonyl (C=O) groups excluding carboxylic acids is 3. The van der Waals surface area contributed by atoms with Gasteiger partial charge in [-0.3, -0.25) is 14.4 Å². The highest BCUT2D eigenvalue weighted by Crippen LogP contribution is 2.15. The lowest BCUT2D eigenvalue weighted by molar-refractivity contribution is -0.167. The Labute approximate surface area is 377 Å². The van der Waals surface area contributed by atoms with E-state index in [4.69, 9.17) is 14.2 Å². The quantitative estimate of drug-likeness (QED) is 0.0263. The Morgan fingerprint density at radius 3 is 1.08 bits per heavy atom. The Hall–Kier alpha value is -2.89. The molecule has 1 atom stereocenters. The van der Waals surface area contributed by atoms with Gasteiger partial charge in [-0.05, 0) is 77.0 Å². The van der Waals surface area contributed by atoms with E-state index in [2.05, 4.69) is 81.5 Å². The molecule has 0 aromatic carbocycles. The molecule has 1 unspecified atom stereocenters. The zero-order valence-electron chi connectivity index (χ0n) is 40.2. The lowest BCUT2D eigenvalue weighted by Crippen LogP contribution is -2.30. The van der Waals surface area contributed by atoms with Crippen LogP contribution in [-0.2, 0) is 28.6 Å². The van der Waals surface area contributed by atoms with Crippen LogP contribution in [0.3, 0.4) is 0 Å². The predicted octanol–water partition coefficient (Wildman–Crippen LogP) is 16.9. The molecule has 0 aliphatic heterocycles. The van der Waals surface area contributed by atoms with Crippen molar-refractivity contribution in [1.82, 2.24) is 0 Å². The molecule has 0 aromatic heterocycles. The van der Waals surface area contributed by atoms with Gasteiger partial charge < -0.3 is 14.2 Å². The summed E-state index contributed by atoms with van der Waals surface area (Å²) >= 11 is 0. The van der Waals surface area contributed by atoms with Crippen LogP contribution in [0, 0.1) is 0 Å². The monoisotopic (exact) mass is 853 g/mol. The number of allylic oxidation sites excluding steroid dienone is 10. The first-order valence-electron chi connectivity index (χ1n) is 25.8. The van der Waals surface area contributed by atoms with Crippen LogP contribution in [0.25, 0.3) is 0 Å². The van der Waals surface area contributed by atoms with Crippen LogP contribution in [0.5, 0.6) is 0 Å². The van der Waals surface area contributed by atoms with Crippen LogP contribution >= 0.6 is 0 Å². The van der Waals surface area contributed by atoms with Crippen LogP contribution < -0.4 is 0 Å². The molecule has 0 fully saturated rings. The van der Waals surface area contributed by atoms with E-state index in [1.807, 2.05) is 0 Å². The molecule has 0 aliphatic rings.